The van der Waals surface area contributed by atoms with E-state index in [1.807, 2.05) is 13.8 Å². The zero-order valence-electron chi connectivity index (χ0n) is 13.3. The fourth-order valence-corrected chi connectivity index (χ4v) is 2.72. The molecular weight excluding hydrogens is 292 g/mol. The zero-order valence-corrected chi connectivity index (χ0v) is 14.1. The van der Waals surface area contributed by atoms with Crippen LogP contribution in [0.1, 0.15) is 59.3 Å². The number of hydrogen-bond donors (Lipinski definition) is 2. The molecule has 1 rings (SSSR count). The Balaban J connectivity index is 0.00000400. The van der Waals surface area contributed by atoms with Crippen LogP contribution in [0.25, 0.3) is 0 Å². The van der Waals surface area contributed by atoms with Gasteiger partial charge in [0, 0.05) is 6.04 Å². The normalized spacial score (nSPS) is 24.4. The number of amides is 1. The lowest BCUT2D eigenvalue weighted by molar-refractivity contribution is -0.149. The molecule has 0 aromatic rings. The molecule has 6 heteroatoms. The van der Waals surface area contributed by atoms with Crippen LogP contribution in [0.5, 0.6) is 0 Å². The van der Waals surface area contributed by atoms with E-state index in [2.05, 4.69) is 5.32 Å². The average Bonchev–Trinajstić information content (AvgIpc) is 2.39. The lowest BCUT2D eigenvalue weighted by Crippen LogP contribution is -2.54. The number of esters is 1. The van der Waals surface area contributed by atoms with Crippen molar-refractivity contribution in [3.8, 4) is 0 Å². The summed E-state index contributed by atoms with van der Waals surface area (Å²) in [5.41, 5.74) is 5.22. The smallest absolute Gasteiger partial charge is 0.308 e. The number of carbonyl (C=O) groups excluding carboxylic acids is 2. The summed E-state index contributed by atoms with van der Waals surface area (Å²) in [6.45, 7) is 6.04. The van der Waals surface area contributed by atoms with Crippen LogP contribution in [0.4, 0.5) is 0 Å². The third-order valence-corrected chi connectivity index (χ3v) is 3.97. The largest absolute Gasteiger partial charge is 0.466 e. The molecule has 0 spiro atoms. The second-order valence-corrected chi connectivity index (χ2v) is 5.94. The van der Waals surface area contributed by atoms with Gasteiger partial charge in [0.05, 0.1) is 18.1 Å². The molecule has 1 atom stereocenters. The predicted octanol–water partition coefficient (Wildman–Crippen LogP) is 2.16. The van der Waals surface area contributed by atoms with Crippen molar-refractivity contribution in [2.45, 2.75) is 70.9 Å². The van der Waals surface area contributed by atoms with Gasteiger partial charge in [-0.05, 0) is 46.0 Å². The van der Waals surface area contributed by atoms with Crippen LogP contribution in [0, 0.1) is 5.92 Å². The molecule has 0 aromatic carbocycles. The quantitative estimate of drug-likeness (QED) is 0.735. The van der Waals surface area contributed by atoms with Gasteiger partial charge in [-0.15, -0.1) is 12.4 Å². The summed E-state index contributed by atoms with van der Waals surface area (Å²) in [6.07, 6.45) is 4.75. The molecule has 21 heavy (non-hydrogen) atoms. The van der Waals surface area contributed by atoms with E-state index in [1.165, 1.54) is 0 Å². The van der Waals surface area contributed by atoms with Gasteiger partial charge in [-0.3, -0.25) is 9.59 Å². The molecule has 5 nitrogen and oxygen atoms in total. The minimum Gasteiger partial charge on any atom is -0.466 e. The van der Waals surface area contributed by atoms with E-state index in [4.69, 9.17) is 10.5 Å². The molecule has 0 heterocycles. The van der Waals surface area contributed by atoms with E-state index in [-0.39, 0.29) is 36.2 Å². The highest BCUT2D eigenvalue weighted by molar-refractivity contribution is 5.86. The van der Waals surface area contributed by atoms with Crippen LogP contribution < -0.4 is 11.1 Å². The Morgan fingerprint density at radius 3 is 2.29 bits per heavy atom. The SMILES string of the molecule is CCCC(C)(N)C(=O)NC1CCC(C(=O)OCC)CC1.Cl. The number of nitrogens with one attached hydrogen (secondary N) is 1. The highest BCUT2D eigenvalue weighted by Gasteiger charge is 2.32. The third kappa shape index (κ3) is 6.22. The summed E-state index contributed by atoms with van der Waals surface area (Å²) in [5.74, 6) is -0.200. The van der Waals surface area contributed by atoms with Crippen LogP contribution >= 0.6 is 12.4 Å². The van der Waals surface area contributed by atoms with E-state index in [0.29, 0.717) is 13.0 Å². The topological polar surface area (TPSA) is 81.4 Å². The summed E-state index contributed by atoms with van der Waals surface area (Å²) in [4.78, 5) is 23.8. The molecule has 0 aromatic heterocycles. The average molecular weight is 321 g/mol. The molecule has 1 fully saturated rings. The number of halogens is 1. The summed E-state index contributed by atoms with van der Waals surface area (Å²) in [7, 11) is 0. The van der Waals surface area contributed by atoms with Gasteiger partial charge in [-0.25, -0.2) is 0 Å². The molecule has 1 amide bonds. The minimum atomic E-state index is -0.799. The van der Waals surface area contributed by atoms with Crippen molar-refractivity contribution in [1.29, 1.82) is 0 Å². The highest BCUT2D eigenvalue weighted by Crippen LogP contribution is 2.25. The fraction of sp³-hybridized carbons (Fsp3) is 0.867. The van der Waals surface area contributed by atoms with Crippen LogP contribution in [0.2, 0.25) is 0 Å². The van der Waals surface area contributed by atoms with Gasteiger partial charge in [0.1, 0.15) is 0 Å². The first-order valence-corrected chi connectivity index (χ1v) is 7.67. The van der Waals surface area contributed by atoms with Gasteiger partial charge in [-0.1, -0.05) is 13.3 Å². The van der Waals surface area contributed by atoms with Crippen LogP contribution in [0.3, 0.4) is 0 Å². The summed E-state index contributed by atoms with van der Waals surface area (Å²) in [6, 6.07) is 0.132. The molecule has 0 saturated heterocycles. The highest BCUT2D eigenvalue weighted by atomic mass is 35.5. The van der Waals surface area contributed by atoms with Crippen molar-refractivity contribution < 1.29 is 14.3 Å². The Bertz CT molecular complexity index is 340. The maximum absolute atomic E-state index is 12.1. The Kier molecular flexibility index (Phi) is 8.90. The Hall–Kier alpha value is -0.810. The molecule has 3 N–H and O–H groups in total. The van der Waals surface area contributed by atoms with Crippen LogP contribution in [0.15, 0.2) is 0 Å². The van der Waals surface area contributed by atoms with Gasteiger partial charge in [-0.2, -0.15) is 0 Å². The second kappa shape index (κ2) is 9.26. The molecule has 0 radical (unpaired) electrons. The Morgan fingerprint density at radius 1 is 1.24 bits per heavy atom. The van der Waals surface area contributed by atoms with Gasteiger partial charge in [0.2, 0.25) is 5.91 Å². The monoisotopic (exact) mass is 320 g/mol. The van der Waals surface area contributed by atoms with Crippen molar-refractivity contribution in [3.05, 3.63) is 0 Å². The van der Waals surface area contributed by atoms with E-state index < -0.39 is 5.54 Å². The van der Waals surface area contributed by atoms with Gasteiger partial charge >= 0.3 is 5.97 Å². The van der Waals surface area contributed by atoms with Crippen molar-refractivity contribution in [1.82, 2.24) is 5.32 Å². The molecule has 1 aliphatic rings. The maximum atomic E-state index is 12.1. The van der Waals surface area contributed by atoms with Crippen molar-refractivity contribution in [2.24, 2.45) is 11.7 Å². The van der Waals surface area contributed by atoms with Crippen molar-refractivity contribution in [2.75, 3.05) is 6.61 Å². The summed E-state index contributed by atoms with van der Waals surface area (Å²) in [5, 5.41) is 3.02. The Labute approximate surface area is 133 Å². The maximum Gasteiger partial charge on any atom is 0.308 e. The van der Waals surface area contributed by atoms with E-state index in [1.54, 1.807) is 6.92 Å². The lowest BCUT2D eigenvalue weighted by atomic mass is 9.85. The number of carbonyl (C=O) groups is 2. The molecular formula is C15H29ClN2O3. The zero-order chi connectivity index (χ0) is 15.2. The minimum absolute atomic E-state index is 0. The van der Waals surface area contributed by atoms with E-state index in [9.17, 15) is 9.59 Å². The predicted molar refractivity (Wildman–Crippen MR) is 85.3 cm³/mol. The first-order valence-electron chi connectivity index (χ1n) is 7.67. The van der Waals surface area contributed by atoms with E-state index >= 15 is 0 Å². The molecule has 0 bridgehead atoms. The van der Waals surface area contributed by atoms with Gasteiger partial charge in [0.15, 0.2) is 0 Å². The number of rotatable bonds is 6. The third-order valence-electron chi connectivity index (χ3n) is 3.97. The van der Waals surface area contributed by atoms with E-state index in [0.717, 1.165) is 32.1 Å². The number of hydrogen-bond acceptors (Lipinski definition) is 4. The molecule has 124 valence electrons. The fourth-order valence-electron chi connectivity index (χ4n) is 2.72. The van der Waals surface area contributed by atoms with Gasteiger partial charge < -0.3 is 15.8 Å². The van der Waals surface area contributed by atoms with Crippen molar-refractivity contribution in [3.63, 3.8) is 0 Å². The Morgan fingerprint density at radius 2 is 1.81 bits per heavy atom. The van der Waals surface area contributed by atoms with Crippen molar-refractivity contribution >= 4 is 24.3 Å². The molecule has 0 aliphatic heterocycles. The molecule has 1 unspecified atom stereocenters. The first kappa shape index (κ1) is 20.2. The molecule has 1 aliphatic carbocycles. The van der Waals surface area contributed by atoms with Crippen LogP contribution in [-0.4, -0.2) is 30.1 Å². The number of nitrogens with two attached hydrogens (primary N) is 1. The lowest BCUT2D eigenvalue weighted by Gasteiger charge is -2.31. The number of ether oxygens (including phenoxy) is 1. The summed E-state index contributed by atoms with van der Waals surface area (Å²) >= 11 is 0. The van der Waals surface area contributed by atoms with Gasteiger partial charge in [0.25, 0.3) is 0 Å². The summed E-state index contributed by atoms with van der Waals surface area (Å²) < 4.78 is 5.04. The second-order valence-electron chi connectivity index (χ2n) is 5.94. The first-order chi connectivity index (χ1) is 9.40. The standard InChI is InChI=1S/C15H28N2O3.ClH/c1-4-10-15(3,16)14(19)17-12-8-6-11(7-9-12)13(18)20-5-2;/h11-12H,4-10,16H2,1-3H3,(H,17,19);1H. The molecule has 1 saturated carbocycles. The van der Waals surface area contributed by atoms with Crippen LogP contribution in [-0.2, 0) is 14.3 Å².